The predicted octanol–water partition coefficient (Wildman–Crippen LogP) is 5.28. The maximum Gasteiger partial charge on any atom is 0.416 e. The van der Waals surface area contributed by atoms with E-state index >= 15 is 0 Å². The van der Waals surface area contributed by atoms with Gasteiger partial charge in [0.05, 0.1) is 18.2 Å². The van der Waals surface area contributed by atoms with Gasteiger partial charge in [-0.3, -0.25) is 0 Å². The second kappa shape index (κ2) is 6.44. The van der Waals surface area contributed by atoms with Crippen molar-refractivity contribution in [2.45, 2.75) is 25.9 Å². The Morgan fingerprint density at radius 2 is 1.65 bits per heavy atom. The Balaban J connectivity index is 2.63. The maximum absolute atomic E-state index is 12.7. The van der Waals surface area contributed by atoms with Crippen LogP contribution in [0.1, 0.15) is 41.3 Å². The molecule has 0 bridgehead atoms. The lowest BCUT2D eigenvalue weighted by Gasteiger charge is -2.17. The van der Waals surface area contributed by atoms with Gasteiger partial charge in [0, 0.05) is 0 Å². The SMILES string of the molecule is COC(=O)c1cccc(C(C)C)c1-c1ccc(C(F)(F)F)cc1. The van der Waals surface area contributed by atoms with Gasteiger partial charge in [-0.15, -0.1) is 0 Å². The summed E-state index contributed by atoms with van der Waals surface area (Å²) < 4.78 is 42.9. The van der Waals surface area contributed by atoms with E-state index in [4.69, 9.17) is 4.74 Å². The quantitative estimate of drug-likeness (QED) is 0.718. The summed E-state index contributed by atoms with van der Waals surface area (Å²) in [5.74, 6) is -0.403. The van der Waals surface area contributed by atoms with Gasteiger partial charge in [-0.05, 0) is 40.8 Å². The van der Waals surface area contributed by atoms with Crippen LogP contribution in [0.15, 0.2) is 42.5 Å². The van der Waals surface area contributed by atoms with Gasteiger partial charge >= 0.3 is 12.1 Å². The Morgan fingerprint density at radius 1 is 1.04 bits per heavy atom. The first-order chi connectivity index (χ1) is 10.8. The molecule has 2 rings (SSSR count). The summed E-state index contributed by atoms with van der Waals surface area (Å²) in [6, 6.07) is 10.0. The van der Waals surface area contributed by atoms with E-state index in [9.17, 15) is 18.0 Å². The lowest BCUT2D eigenvalue weighted by atomic mass is 9.88. The predicted molar refractivity (Wildman–Crippen MR) is 82.3 cm³/mol. The van der Waals surface area contributed by atoms with Crippen molar-refractivity contribution >= 4 is 5.97 Å². The lowest BCUT2D eigenvalue weighted by molar-refractivity contribution is -0.137. The molecule has 0 radical (unpaired) electrons. The summed E-state index contributed by atoms with van der Waals surface area (Å²) in [4.78, 5) is 12.0. The summed E-state index contributed by atoms with van der Waals surface area (Å²) in [6.45, 7) is 3.92. The Bertz CT molecular complexity index is 701. The van der Waals surface area contributed by atoms with E-state index in [2.05, 4.69) is 0 Å². The molecule has 0 spiro atoms. The summed E-state index contributed by atoms with van der Waals surface area (Å²) >= 11 is 0. The van der Waals surface area contributed by atoms with Crippen LogP contribution in [0.4, 0.5) is 13.2 Å². The molecule has 0 aliphatic rings. The molecule has 0 N–H and O–H groups in total. The topological polar surface area (TPSA) is 26.3 Å². The molecule has 5 heteroatoms. The first-order valence-electron chi connectivity index (χ1n) is 7.14. The molecule has 2 nitrogen and oxygen atoms in total. The van der Waals surface area contributed by atoms with Gasteiger partial charge in [-0.2, -0.15) is 13.2 Å². The molecule has 0 heterocycles. The van der Waals surface area contributed by atoms with Crippen molar-refractivity contribution in [3.8, 4) is 11.1 Å². The number of methoxy groups -OCH3 is 1. The highest BCUT2D eigenvalue weighted by Gasteiger charge is 2.30. The average molecular weight is 322 g/mol. The van der Waals surface area contributed by atoms with Gasteiger partial charge in [0.2, 0.25) is 0 Å². The molecule has 0 aliphatic heterocycles. The third-order valence-corrected chi connectivity index (χ3v) is 3.62. The molecule has 23 heavy (non-hydrogen) atoms. The molecular weight excluding hydrogens is 305 g/mol. The molecule has 0 saturated carbocycles. The number of esters is 1. The Labute approximate surface area is 132 Å². The van der Waals surface area contributed by atoms with Gasteiger partial charge in [-0.1, -0.05) is 38.1 Å². The largest absolute Gasteiger partial charge is 0.465 e. The van der Waals surface area contributed by atoms with E-state index in [1.165, 1.54) is 19.2 Å². The fraction of sp³-hybridized carbons (Fsp3) is 0.278. The minimum atomic E-state index is -4.39. The van der Waals surface area contributed by atoms with Crippen LogP contribution in [0.3, 0.4) is 0 Å². The zero-order valence-electron chi connectivity index (χ0n) is 13.1. The molecule has 0 saturated heterocycles. The lowest BCUT2D eigenvalue weighted by Crippen LogP contribution is -2.07. The van der Waals surface area contributed by atoms with Crippen LogP contribution < -0.4 is 0 Å². The standard InChI is InChI=1S/C18H17F3O2/c1-11(2)14-5-4-6-15(17(22)23-3)16(14)12-7-9-13(10-8-12)18(19,20)21/h4-11H,1-3H3. The fourth-order valence-corrected chi connectivity index (χ4v) is 2.48. The Hall–Kier alpha value is -2.30. The highest BCUT2D eigenvalue weighted by molar-refractivity contribution is 5.98. The van der Waals surface area contributed by atoms with Gasteiger partial charge in [0.15, 0.2) is 0 Å². The van der Waals surface area contributed by atoms with Crippen molar-refractivity contribution in [2.75, 3.05) is 7.11 Å². The van der Waals surface area contributed by atoms with Gasteiger partial charge in [0.1, 0.15) is 0 Å². The van der Waals surface area contributed by atoms with Crippen molar-refractivity contribution in [3.63, 3.8) is 0 Å². The van der Waals surface area contributed by atoms with Gasteiger partial charge in [-0.25, -0.2) is 4.79 Å². The highest BCUT2D eigenvalue weighted by Crippen LogP contribution is 2.35. The van der Waals surface area contributed by atoms with E-state index < -0.39 is 17.7 Å². The van der Waals surface area contributed by atoms with Crippen molar-refractivity contribution in [3.05, 3.63) is 59.2 Å². The van der Waals surface area contributed by atoms with Crippen LogP contribution in [0.5, 0.6) is 0 Å². The highest BCUT2D eigenvalue weighted by atomic mass is 19.4. The Morgan fingerprint density at radius 3 is 2.13 bits per heavy atom. The number of alkyl halides is 3. The van der Waals surface area contributed by atoms with Crippen molar-refractivity contribution < 1.29 is 22.7 Å². The second-order valence-corrected chi connectivity index (χ2v) is 5.49. The smallest absolute Gasteiger partial charge is 0.416 e. The molecular formula is C18H17F3O2. The number of rotatable bonds is 3. The third kappa shape index (κ3) is 3.55. The summed E-state index contributed by atoms with van der Waals surface area (Å²) in [7, 11) is 1.28. The monoisotopic (exact) mass is 322 g/mol. The molecule has 0 aromatic heterocycles. The summed E-state index contributed by atoms with van der Waals surface area (Å²) in [5, 5.41) is 0. The van der Waals surface area contributed by atoms with E-state index in [1.54, 1.807) is 12.1 Å². The van der Waals surface area contributed by atoms with Crippen molar-refractivity contribution in [1.29, 1.82) is 0 Å². The Kier molecular flexibility index (Phi) is 4.78. The van der Waals surface area contributed by atoms with E-state index in [0.717, 1.165) is 17.7 Å². The number of halogens is 3. The molecule has 0 fully saturated rings. The van der Waals surface area contributed by atoms with Gasteiger partial charge < -0.3 is 4.74 Å². The maximum atomic E-state index is 12.7. The van der Waals surface area contributed by atoms with Crippen molar-refractivity contribution in [1.82, 2.24) is 0 Å². The fourth-order valence-electron chi connectivity index (χ4n) is 2.48. The number of carbonyl (C=O) groups is 1. The van der Waals surface area contributed by atoms with Crippen LogP contribution in [0.25, 0.3) is 11.1 Å². The molecule has 0 atom stereocenters. The van der Waals surface area contributed by atoms with Crippen LogP contribution in [-0.2, 0) is 10.9 Å². The third-order valence-electron chi connectivity index (χ3n) is 3.62. The molecule has 0 amide bonds. The van der Waals surface area contributed by atoms with Crippen LogP contribution in [0, 0.1) is 0 Å². The molecule has 0 aliphatic carbocycles. The molecule has 2 aromatic rings. The number of ether oxygens (including phenoxy) is 1. The first-order valence-corrected chi connectivity index (χ1v) is 7.14. The minimum Gasteiger partial charge on any atom is -0.465 e. The van der Waals surface area contributed by atoms with E-state index in [1.807, 2.05) is 19.9 Å². The average Bonchev–Trinajstić information content (AvgIpc) is 2.52. The molecule has 0 unspecified atom stereocenters. The number of hydrogen-bond acceptors (Lipinski definition) is 2. The molecule has 122 valence electrons. The van der Waals surface area contributed by atoms with E-state index in [0.29, 0.717) is 16.7 Å². The number of carbonyl (C=O) groups excluding carboxylic acids is 1. The summed E-state index contributed by atoms with van der Waals surface area (Å²) in [6.07, 6.45) is -4.39. The second-order valence-electron chi connectivity index (χ2n) is 5.49. The first kappa shape index (κ1) is 17.1. The number of hydrogen-bond donors (Lipinski definition) is 0. The van der Waals surface area contributed by atoms with Gasteiger partial charge in [0.25, 0.3) is 0 Å². The van der Waals surface area contributed by atoms with Crippen LogP contribution in [0.2, 0.25) is 0 Å². The zero-order valence-corrected chi connectivity index (χ0v) is 13.1. The zero-order chi connectivity index (χ0) is 17.2. The number of benzene rings is 2. The van der Waals surface area contributed by atoms with E-state index in [-0.39, 0.29) is 5.92 Å². The minimum absolute atomic E-state index is 0.108. The normalized spacial score (nSPS) is 11.6. The molecule has 2 aromatic carbocycles. The summed E-state index contributed by atoms with van der Waals surface area (Å²) in [5.41, 5.74) is 1.68. The van der Waals surface area contributed by atoms with Crippen LogP contribution >= 0.6 is 0 Å². The van der Waals surface area contributed by atoms with Crippen LogP contribution in [-0.4, -0.2) is 13.1 Å². The van der Waals surface area contributed by atoms with Crippen molar-refractivity contribution in [2.24, 2.45) is 0 Å².